The third-order valence-electron chi connectivity index (χ3n) is 7.43. The minimum absolute atomic E-state index is 0.0837. The Bertz CT molecular complexity index is 1690. The van der Waals surface area contributed by atoms with Crippen LogP contribution in [0.1, 0.15) is 66.0 Å². The zero-order chi connectivity index (χ0) is 30.6. The van der Waals surface area contributed by atoms with Crippen LogP contribution in [0.25, 0.3) is 22.4 Å². The quantitative estimate of drug-likeness (QED) is 0.270. The number of rotatable bonds is 9. The monoisotopic (exact) mass is 593 g/mol. The molecule has 3 heterocycles. The second-order valence-corrected chi connectivity index (χ2v) is 13.7. The van der Waals surface area contributed by atoms with E-state index in [1.807, 2.05) is 79.7 Å². The Morgan fingerprint density at radius 3 is 2.47 bits per heavy atom. The smallest absolute Gasteiger partial charge is 0.269 e. The number of carbonyl (C=O) groups is 1. The first-order chi connectivity index (χ1) is 20.7. The van der Waals surface area contributed by atoms with Crippen molar-refractivity contribution in [3.05, 3.63) is 107 Å². The third kappa shape index (κ3) is 6.73. The van der Waals surface area contributed by atoms with Gasteiger partial charge in [-0.05, 0) is 92.3 Å². The van der Waals surface area contributed by atoms with Crippen LogP contribution < -0.4 is 5.32 Å². The van der Waals surface area contributed by atoms with E-state index in [2.05, 4.69) is 16.4 Å². The van der Waals surface area contributed by atoms with E-state index in [0.717, 1.165) is 33.4 Å². The lowest BCUT2D eigenvalue weighted by atomic mass is 9.93. The molecule has 0 saturated heterocycles. The number of benzene rings is 2. The Labute approximate surface area is 255 Å². The van der Waals surface area contributed by atoms with Crippen LogP contribution in [0.2, 0.25) is 0 Å². The van der Waals surface area contributed by atoms with Gasteiger partial charge in [-0.25, -0.2) is 13.5 Å². The molecule has 43 heavy (non-hydrogen) atoms. The van der Waals surface area contributed by atoms with Crippen LogP contribution in [0, 0.1) is 11.3 Å². The minimum atomic E-state index is -1.36. The summed E-state index contributed by atoms with van der Waals surface area (Å²) in [5.74, 6) is -0.287. The fourth-order valence-corrected chi connectivity index (χ4v) is 6.78. The maximum absolute atomic E-state index is 13.7. The number of aromatic nitrogens is 2. The predicted molar refractivity (Wildman–Crippen MR) is 168 cm³/mol. The SMILES string of the molecule is CC(C)(C)[S@@](=O)N1Cc2cc(C(=O)NCCc3ccncc3)nc(-c3cccc(-c4cccc(C#N)c4)c3)c2[C@H]1CCO. The van der Waals surface area contributed by atoms with Crippen molar-refractivity contribution in [3.8, 4) is 28.5 Å². The van der Waals surface area contributed by atoms with Crippen molar-refractivity contribution in [1.29, 1.82) is 5.26 Å². The number of hydrogen-bond acceptors (Lipinski definition) is 6. The molecule has 0 radical (unpaired) electrons. The summed E-state index contributed by atoms with van der Waals surface area (Å²) in [5, 5.41) is 22.5. The molecule has 0 bridgehead atoms. The van der Waals surface area contributed by atoms with Gasteiger partial charge in [-0.15, -0.1) is 0 Å². The standard InChI is InChI=1S/C34H35N5O3S/c1-34(2,3)43(42)39-22-28-20-29(33(41)37-16-12-23-10-14-36-15-11-23)38-32(31(28)30(39)13-17-40)27-9-5-8-26(19-27)25-7-4-6-24(18-25)21-35/h4-11,14-15,18-20,30,40H,12-13,16-17,22H2,1-3H3,(H,37,41)/t30-,43-/m1/s1. The molecule has 0 spiro atoms. The Morgan fingerprint density at radius 1 is 1.07 bits per heavy atom. The van der Waals surface area contributed by atoms with Crippen LogP contribution in [-0.2, 0) is 24.0 Å². The normalized spacial score (nSPS) is 15.5. The van der Waals surface area contributed by atoms with E-state index in [9.17, 15) is 19.4 Å². The van der Waals surface area contributed by atoms with Crippen LogP contribution in [-0.4, -0.2) is 47.4 Å². The maximum atomic E-state index is 13.7. The highest BCUT2D eigenvalue weighted by Crippen LogP contribution is 2.44. The molecule has 220 valence electrons. The van der Waals surface area contributed by atoms with Gasteiger partial charge in [0.25, 0.3) is 5.91 Å². The molecule has 1 aliphatic rings. The summed E-state index contributed by atoms with van der Waals surface area (Å²) in [6.45, 7) is 6.53. The Balaban J connectivity index is 1.57. The fraction of sp³-hybridized carbons (Fsp3) is 0.294. The van der Waals surface area contributed by atoms with E-state index < -0.39 is 15.7 Å². The van der Waals surface area contributed by atoms with Gasteiger partial charge in [-0.1, -0.05) is 30.3 Å². The highest BCUT2D eigenvalue weighted by atomic mass is 32.2. The minimum Gasteiger partial charge on any atom is -0.396 e. The number of nitriles is 1. The van der Waals surface area contributed by atoms with Crippen molar-refractivity contribution < 1.29 is 14.1 Å². The fourth-order valence-electron chi connectivity index (χ4n) is 5.38. The Morgan fingerprint density at radius 2 is 1.77 bits per heavy atom. The van der Waals surface area contributed by atoms with Gasteiger partial charge in [0.1, 0.15) is 16.7 Å². The number of pyridine rings is 2. The van der Waals surface area contributed by atoms with Gasteiger partial charge in [0.15, 0.2) is 0 Å². The number of aliphatic hydroxyl groups excluding tert-OH is 1. The molecule has 5 rings (SSSR count). The van der Waals surface area contributed by atoms with Gasteiger partial charge >= 0.3 is 0 Å². The second-order valence-electron chi connectivity index (χ2n) is 11.5. The van der Waals surface area contributed by atoms with Crippen LogP contribution in [0.15, 0.2) is 79.1 Å². The summed E-state index contributed by atoms with van der Waals surface area (Å²) < 4.78 is 15.1. The number of nitrogens with one attached hydrogen (secondary N) is 1. The van der Waals surface area contributed by atoms with Gasteiger partial charge in [0.05, 0.1) is 28.1 Å². The molecule has 0 saturated carbocycles. The number of hydrogen-bond donors (Lipinski definition) is 2. The molecule has 2 N–H and O–H groups in total. The van der Waals surface area contributed by atoms with Gasteiger partial charge in [0, 0.05) is 43.2 Å². The van der Waals surface area contributed by atoms with Gasteiger partial charge < -0.3 is 10.4 Å². The van der Waals surface area contributed by atoms with Gasteiger partial charge in [-0.2, -0.15) is 5.26 Å². The first kappa shape index (κ1) is 30.2. The zero-order valence-corrected chi connectivity index (χ0v) is 25.4. The molecule has 9 heteroatoms. The van der Waals surface area contributed by atoms with E-state index in [0.29, 0.717) is 37.2 Å². The molecule has 2 atom stereocenters. The molecular formula is C34H35N5O3S. The summed E-state index contributed by atoms with van der Waals surface area (Å²) in [6.07, 6.45) is 4.50. The van der Waals surface area contributed by atoms with Crippen molar-refractivity contribution in [2.24, 2.45) is 0 Å². The lowest BCUT2D eigenvalue weighted by Crippen LogP contribution is -2.36. The summed E-state index contributed by atoms with van der Waals surface area (Å²) in [6, 6.07) is 22.8. The largest absolute Gasteiger partial charge is 0.396 e. The van der Waals surface area contributed by atoms with E-state index in [1.54, 1.807) is 24.5 Å². The summed E-state index contributed by atoms with van der Waals surface area (Å²) in [7, 11) is -1.36. The van der Waals surface area contributed by atoms with E-state index in [1.165, 1.54) is 0 Å². The van der Waals surface area contributed by atoms with Crippen LogP contribution >= 0.6 is 0 Å². The topological polar surface area (TPSA) is 119 Å². The first-order valence-corrected chi connectivity index (χ1v) is 15.4. The van der Waals surface area contributed by atoms with Crippen molar-refractivity contribution in [2.45, 2.75) is 50.9 Å². The van der Waals surface area contributed by atoms with E-state index in [4.69, 9.17) is 4.98 Å². The van der Waals surface area contributed by atoms with Crippen LogP contribution in [0.5, 0.6) is 0 Å². The number of carbonyl (C=O) groups excluding carboxylic acids is 1. The average molecular weight is 594 g/mol. The zero-order valence-electron chi connectivity index (χ0n) is 24.6. The first-order valence-electron chi connectivity index (χ1n) is 14.3. The molecule has 1 amide bonds. The molecule has 0 fully saturated rings. The number of fused-ring (bicyclic) bond motifs is 1. The number of amides is 1. The Kier molecular flexibility index (Phi) is 9.11. The molecule has 4 aromatic rings. The summed E-state index contributed by atoms with van der Waals surface area (Å²) >= 11 is 0. The molecule has 2 aromatic heterocycles. The van der Waals surface area contributed by atoms with Crippen molar-refractivity contribution in [3.63, 3.8) is 0 Å². The van der Waals surface area contributed by atoms with E-state index >= 15 is 0 Å². The highest BCUT2D eigenvalue weighted by molar-refractivity contribution is 7.84. The lowest BCUT2D eigenvalue weighted by Gasteiger charge is -2.30. The maximum Gasteiger partial charge on any atom is 0.269 e. The Hall–Kier alpha value is -4.23. The number of nitrogens with zero attached hydrogens (tertiary/aromatic N) is 4. The second kappa shape index (κ2) is 13.0. The van der Waals surface area contributed by atoms with Crippen LogP contribution in [0.3, 0.4) is 0 Å². The third-order valence-corrected chi connectivity index (χ3v) is 9.29. The molecule has 0 unspecified atom stereocenters. The lowest BCUT2D eigenvalue weighted by molar-refractivity contribution is 0.0949. The van der Waals surface area contributed by atoms with E-state index in [-0.39, 0.29) is 24.2 Å². The molecule has 8 nitrogen and oxygen atoms in total. The average Bonchev–Trinajstić information content (AvgIpc) is 3.38. The van der Waals surface area contributed by atoms with Gasteiger partial charge in [0.2, 0.25) is 0 Å². The highest BCUT2D eigenvalue weighted by Gasteiger charge is 2.40. The predicted octanol–water partition coefficient (Wildman–Crippen LogP) is 5.36. The van der Waals surface area contributed by atoms with Gasteiger partial charge in [-0.3, -0.25) is 9.78 Å². The van der Waals surface area contributed by atoms with Crippen molar-refractivity contribution in [2.75, 3.05) is 13.2 Å². The molecule has 2 aromatic carbocycles. The molecule has 0 aliphatic carbocycles. The summed E-state index contributed by atoms with van der Waals surface area (Å²) in [4.78, 5) is 22.4. The molecular weight excluding hydrogens is 558 g/mol. The summed E-state index contributed by atoms with van der Waals surface area (Å²) in [5.41, 5.74) is 6.90. The van der Waals surface area contributed by atoms with Crippen LogP contribution in [0.4, 0.5) is 0 Å². The van der Waals surface area contributed by atoms with Crippen molar-refractivity contribution >= 4 is 16.9 Å². The molecule has 1 aliphatic heterocycles. The van der Waals surface area contributed by atoms with Crippen molar-refractivity contribution in [1.82, 2.24) is 19.6 Å². The number of aliphatic hydroxyl groups is 1.